The van der Waals surface area contributed by atoms with Crippen LogP contribution in [0, 0.1) is 6.92 Å². The zero-order valence-corrected chi connectivity index (χ0v) is 8.16. The summed E-state index contributed by atoms with van der Waals surface area (Å²) in [5, 5.41) is 8.84. The number of aromatic amines is 1. The van der Waals surface area contributed by atoms with Gasteiger partial charge in [-0.15, -0.1) is 0 Å². The lowest BCUT2D eigenvalue weighted by Crippen LogP contribution is -2.16. The Balaban J connectivity index is 3.39. The molecule has 0 spiro atoms. The number of carboxylic acids is 1. The van der Waals surface area contributed by atoms with E-state index in [9.17, 15) is 14.4 Å². The molecule has 1 rings (SSSR count). The number of nitrogens with one attached hydrogen (secondary N) is 1. The van der Waals surface area contributed by atoms with Gasteiger partial charge in [-0.1, -0.05) is 0 Å². The Bertz CT molecular complexity index is 474. The van der Waals surface area contributed by atoms with Crippen LogP contribution in [0.1, 0.15) is 23.0 Å². The molecule has 6 nitrogen and oxygen atoms in total. The molecular formula is C9H9NO5. The van der Waals surface area contributed by atoms with Gasteiger partial charge in [-0.3, -0.25) is 9.59 Å². The Morgan fingerprint density at radius 2 is 2.07 bits per heavy atom. The second-order valence-corrected chi connectivity index (χ2v) is 2.90. The third-order valence-electron chi connectivity index (χ3n) is 1.66. The van der Waals surface area contributed by atoms with Crippen LogP contribution in [0.5, 0.6) is 5.75 Å². The van der Waals surface area contributed by atoms with Gasteiger partial charge in [0.25, 0.3) is 5.56 Å². The van der Waals surface area contributed by atoms with E-state index in [1.165, 1.54) is 6.92 Å². The van der Waals surface area contributed by atoms with E-state index >= 15 is 0 Å². The van der Waals surface area contributed by atoms with E-state index in [4.69, 9.17) is 5.11 Å². The molecule has 0 aromatic carbocycles. The maximum Gasteiger partial charge on any atom is 0.341 e. The highest BCUT2D eigenvalue weighted by molar-refractivity contribution is 5.92. The van der Waals surface area contributed by atoms with Gasteiger partial charge in [0.2, 0.25) is 0 Å². The first kappa shape index (κ1) is 11.0. The van der Waals surface area contributed by atoms with E-state index in [2.05, 4.69) is 9.72 Å². The average molecular weight is 211 g/mol. The smallest absolute Gasteiger partial charge is 0.341 e. The summed E-state index contributed by atoms with van der Waals surface area (Å²) in [6.07, 6.45) is 0. The van der Waals surface area contributed by atoms with Crippen LogP contribution in [0.3, 0.4) is 0 Å². The largest absolute Gasteiger partial charge is 0.477 e. The summed E-state index contributed by atoms with van der Waals surface area (Å²) >= 11 is 0. The van der Waals surface area contributed by atoms with E-state index in [-0.39, 0.29) is 17.0 Å². The highest BCUT2D eigenvalue weighted by Crippen LogP contribution is 2.18. The molecule has 15 heavy (non-hydrogen) atoms. The summed E-state index contributed by atoms with van der Waals surface area (Å²) in [4.78, 5) is 34.8. The van der Waals surface area contributed by atoms with Crippen LogP contribution in [0.2, 0.25) is 0 Å². The Hall–Kier alpha value is -2.11. The molecule has 0 aliphatic rings. The van der Waals surface area contributed by atoms with E-state index < -0.39 is 17.5 Å². The number of pyridine rings is 1. The number of aryl methyl sites for hydroxylation is 1. The number of carbonyl (C=O) groups excluding carboxylic acids is 1. The number of esters is 1. The van der Waals surface area contributed by atoms with Crippen molar-refractivity contribution in [2.75, 3.05) is 0 Å². The number of rotatable bonds is 2. The molecule has 80 valence electrons. The number of carbonyl (C=O) groups is 2. The van der Waals surface area contributed by atoms with E-state index in [1.54, 1.807) is 0 Å². The molecule has 0 aliphatic heterocycles. The van der Waals surface area contributed by atoms with Crippen molar-refractivity contribution in [1.29, 1.82) is 0 Å². The lowest BCUT2D eigenvalue weighted by molar-refractivity contribution is -0.131. The van der Waals surface area contributed by atoms with Crippen molar-refractivity contribution in [3.8, 4) is 5.75 Å². The van der Waals surface area contributed by atoms with E-state index in [1.807, 2.05) is 0 Å². The fraction of sp³-hybridized carbons (Fsp3) is 0.222. The number of carboxylic acid groups (broad SMARTS) is 1. The second kappa shape index (κ2) is 3.95. The molecule has 0 saturated heterocycles. The summed E-state index contributed by atoms with van der Waals surface area (Å²) in [6.45, 7) is 2.54. The molecule has 0 atom stereocenters. The minimum Gasteiger partial charge on any atom is -0.477 e. The summed E-state index contributed by atoms with van der Waals surface area (Å²) in [7, 11) is 0. The molecule has 0 amide bonds. The third kappa shape index (κ3) is 2.43. The Morgan fingerprint density at radius 3 is 2.53 bits per heavy atom. The molecule has 1 aromatic heterocycles. The monoisotopic (exact) mass is 211 g/mol. The van der Waals surface area contributed by atoms with Crippen LogP contribution in [-0.4, -0.2) is 22.0 Å². The van der Waals surface area contributed by atoms with Crippen molar-refractivity contribution >= 4 is 11.9 Å². The number of aromatic nitrogens is 1. The molecule has 6 heteroatoms. The molecule has 0 fully saturated rings. The van der Waals surface area contributed by atoms with Crippen molar-refractivity contribution in [3.05, 3.63) is 27.7 Å². The normalized spacial score (nSPS) is 9.73. The summed E-state index contributed by atoms with van der Waals surface area (Å²) in [5.41, 5.74) is -0.593. The lowest BCUT2D eigenvalue weighted by atomic mass is 10.2. The maximum absolute atomic E-state index is 11.0. The predicted octanol–water partition coefficient (Wildman–Crippen LogP) is 0.307. The van der Waals surface area contributed by atoms with Crippen LogP contribution in [0.25, 0.3) is 0 Å². The fourth-order valence-electron chi connectivity index (χ4n) is 1.16. The molecule has 0 aliphatic carbocycles. The molecule has 1 aromatic rings. The predicted molar refractivity (Wildman–Crippen MR) is 50.1 cm³/mol. The second-order valence-electron chi connectivity index (χ2n) is 2.90. The fourth-order valence-corrected chi connectivity index (χ4v) is 1.16. The molecular weight excluding hydrogens is 202 g/mol. The topological polar surface area (TPSA) is 96.5 Å². The van der Waals surface area contributed by atoms with Crippen LogP contribution < -0.4 is 10.3 Å². The van der Waals surface area contributed by atoms with Crippen LogP contribution in [-0.2, 0) is 4.79 Å². The minimum absolute atomic E-state index is 0.145. The molecule has 1 heterocycles. The number of hydrogen-bond donors (Lipinski definition) is 2. The Morgan fingerprint density at radius 1 is 1.47 bits per heavy atom. The van der Waals surface area contributed by atoms with Crippen LogP contribution >= 0.6 is 0 Å². The molecule has 0 saturated carbocycles. The quantitative estimate of drug-likeness (QED) is 0.686. The number of H-pyrrole nitrogens is 1. The first-order valence-corrected chi connectivity index (χ1v) is 4.07. The Kier molecular flexibility index (Phi) is 2.89. The van der Waals surface area contributed by atoms with Crippen LogP contribution in [0.15, 0.2) is 10.9 Å². The highest BCUT2D eigenvalue weighted by atomic mass is 16.5. The summed E-state index contributed by atoms with van der Waals surface area (Å²) < 4.78 is 4.63. The van der Waals surface area contributed by atoms with Gasteiger partial charge in [0.05, 0.1) is 0 Å². The molecule has 0 bridgehead atoms. The molecule has 0 radical (unpaired) electrons. The van der Waals surface area contributed by atoms with Crippen molar-refractivity contribution in [1.82, 2.24) is 4.98 Å². The number of ether oxygens (including phenoxy) is 1. The van der Waals surface area contributed by atoms with Gasteiger partial charge in [-0.05, 0) is 6.92 Å². The van der Waals surface area contributed by atoms with Crippen molar-refractivity contribution in [2.24, 2.45) is 0 Å². The van der Waals surface area contributed by atoms with Gasteiger partial charge in [-0.25, -0.2) is 4.79 Å². The SMILES string of the molecule is CC(=O)Oc1cc(=O)[nH]c(C)c1C(=O)O. The molecule has 2 N–H and O–H groups in total. The Labute approximate surface area is 84.5 Å². The summed E-state index contributed by atoms with van der Waals surface area (Å²) in [5.74, 6) is -2.18. The minimum atomic E-state index is -1.26. The highest BCUT2D eigenvalue weighted by Gasteiger charge is 2.17. The lowest BCUT2D eigenvalue weighted by Gasteiger charge is -2.06. The molecule has 0 unspecified atom stereocenters. The first-order chi connectivity index (χ1) is 6.91. The van der Waals surface area contributed by atoms with Gasteiger partial charge in [0.15, 0.2) is 5.75 Å². The van der Waals surface area contributed by atoms with Crippen molar-refractivity contribution in [3.63, 3.8) is 0 Å². The zero-order chi connectivity index (χ0) is 11.6. The standard InChI is InChI=1S/C9H9NO5/c1-4-8(9(13)14)6(15-5(2)11)3-7(12)10-4/h3H,1-2H3,(H,10,12)(H,13,14). The van der Waals surface area contributed by atoms with Gasteiger partial charge in [-0.2, -0.15) is 0 Å². The van der Waals surface area contributed by atoms with Crippen molar-refractivity contribution < 1.29 is 19.4 Å². The summed E-state index contributed by atoms with van der Waals surface area (Å²) in [6, 6.07) is 0.928. The first-order valence-electron chi connectivity index (χ1n) is 4.07. The van der Waals surface area contributed by atoms with E-state index in [0.29, 0.717) is 0 Å². The van der Waals surface area contributed by atoms with Gasteiger partial charge in [0, 0.05) is 18.7 Å². The zero-order valence-electron chi connectivity index (χ0n) is 8.16. The average Bonchev–Trinajstić information content (AvgIpc) is 1.99. The van der Waals surface area contributed by atoms with Gasteiger partial charge >= 0.3 is 11.9 Å². The third-order valence-corrected chi connectivity index (χ3v) is 1.66. The van der Waals surface area contributed by atoms with Gasteiger partial charge < -0.3 is 14.8 Å². The van der Waals surface area contributed by atoms with Crippen molar-refractivity contribution in [2.45, 2.75) is 13.8 Å². The van der Waals surface area contributed by atoms with Gasteiger partial charge in [0.1, 0.15) is 5.56 Å². The van der Waals surface area contributed by atoms with Crippen LogP contribution in [0.4, 0.5) is 0 Å². The van der Waals surface area contributed by atoms with E-state index in [0.717, 1.165) is 13.0 Å². The number of aromatic carboxylic acids is 1. The maximum atomic E-state index is 11.0. The number of hydrogen-bond acceptors (Lipinski definition) is 4.